The van der Waals surface area contributed by atoms with E-state index in [-0.39, 0.29) is 5.54 Å². The summed E-state index contributed by atoms with van der Waals surface area (Å²) in [6, 6.07) is 0. The van der Waals surface area contributed by atoms with Crippen molar-refractivity contribution in [1.82, 2.24) is 30.1 Å². The van der Waals surface area contributed by atoms with Crippen molar-refractivity contribution in [2.45, 2.75) is 24.8 Å². The number of hydrogen-bond donors (Lipinski definition) is 3. The third kappa shape index (κ3) is 1.65. The summed E-state index contributed by atoms with van der Waals surface area (Å²) in [4.78, 5) is 18.8. The highest BCUT2D eigenvalue weighted by Gasteiger charge is 2.37. The quantitative estimate of drug-likeness (QED) is 0.657. The van der Waals surface area contributed by atoms with Crippen LogP contribution in [0, 0.1) is 0 Å². The Morgan fingerprint density at radius 1 is 1.30 bits per heavy atom. The van der Waals surface area contributed by atoms with Crippen molar-refractivity contribution in [2.75, 3.05) is 0 Å². The second-order valence-electron chi connectivity index (χ2n) is 5.02. The molecule has 0 aliphatic heterocycles. The Morgan fingerprint density at radius 2 is 2.20 bits per heavy atom. The van der Waals surface area contributed by atoms with E-state index in [0.29, 0.717) is 23.2 Å². The summed E-state index contributed by atoms with van der Waals surface area (Å²) < 4.78 is 5.22. The average molecular weight is 271 g/mol. The number of nitrogens with two attached hydrogens (primary N) is 1. The molecular formula is C12H13N7O. The van der Waals surface area contributed by atoms with E-state index in [1.807, 2.05) is 0 Å². The van der Waals surface area contributed by atoms with Gasteiger partial charge < -0.3 is 20.2 Å². The molecule has 0 unspecified atom stereocenters. The molecule has 4 rings (SSSR count). The van der Waals surface area contributed by atoms with Gasteiger partial charge in [0.25, 0.3) is 5.89 Å². The maximum Gasteiger partial charge on any atom is 0.276 e. The van der Waals surface area contributed by atoms with Crippen LogP contribution in [0.15, 0.2) is 23.1 Å². The lowest BCUT2D eigenvalue weighted by molar-refractivity contribution is 0.240. The molecule has 0 amide bonds. The van der Waals surface area contributed by atoms with Gasteiger partial charge in [0.15, 0.2) is 5.82 Å². The predicted molar refractivity (Wildman–Crippen MR) is 69.2 cm³/mol. The topological polar surface area (TPSA) is 122 Å². The summed E-state index contributed by atoms with van der Waals surface area (Å²) in [7, 11) is 0. The van der Waals surface area contributed by atoms with Crippen LogP contribution in [0.2, 0.25) is 0 Å². The molecule has 4 N–H and O–H groups in total. The summed E-state index contributed by atoms with van der Waals surface area (Å²) in [5, 5.41) is 3.88. The molecule has 20 heavy (non-hydrogen) atoms. The largest absolute Gasteiger partial charge is 0.342 e. The number of aromatic amines is 2. The van der Waals surface area contributed by atoms with Gasteiger partial charge in [-0.1, -0.05) is 5.16 Å². The van der Waals surface area contributed by atoms with E-state index in [0.717, 1.165) is 25.1 Å². The Balaban J connectivity index is 1.65. The number of aromatic nitrogens is 6. The molecule has 1 saturated carbocycles. The molecular weight excluding hydrogens is 258 g/mol. The fourth-order valence-electron chi connectivity index (χ4n) is 2.29. The van der Waals surface area contributed by atoms with Crippen LogP contribution < -0.4 is 5.73 Å². The maximum atomic E-state index is 6.22. The molecule has 0 bridgehead atoms. The number of hydrogen-bond acceptors (Lipinski definition) is 6. The third-order valence-electron chi connectivity index (χ3n) is 3.66. The van der Waals surface area contributed by atoms with Gasteiger partial charge in [0, 0.05) is 12.4 Å². The van der Waals surface area contributed by atoms with Gasteiger partial charge in [-0.15, -0.1) is 0 Å². The van der Waals surface area contributed by atoms with Crippen molar-refractivity contribution >= 4 is 0 Å². The van der Waals surface area contributed by atoms with E-state index >= 15 is 0 Å². The number of nitrogens with zero attached hydrogens (tertiary/aromatic N) is 4. The predicted octanol–water partition coefficient (Wildman–Crippen LogP) is 1.19. The fraction of sp³-hybridized carbons (Fsp3) is 0.333. The van der Waals surface area contributed by atoms with E-state index in [1.165, 1.54) is 0 Å². The molecule has 0 saturated heterocycles. The van der Waals surface area contributed by atoms with Crippen molar-refractivity contribution in [3.8, 4) is 23.2 Å². The molecule has 3 aromatic heterocycles. The molecule has 0 aromatic carbocycles. The number of H-pyrrole nitrogens is 2. The first-order valence-corrected chi connectivity index (χ1v) is 6.43. The molecule has 0 spiro atoms. The highest BCUT2D eigenvalue weighted by molar-refractivity contribution is 5.51. The van der Waals surface area contributed by atoms with E-state index in [4.69, 9.17) is 10.3 Å². The Kier molecular flexibility index (Phi) is 2.27. The lowest BCUT2D eigenvalue weighted by Crippen LogP contribution is -2.44. The first kappa shape index (κ1) is 11.4. The third-order valence-corrected chi connectivity index (χ3v) is 3.66. The highest BCUT2D eigenvalue weighted by Crippen LogP contribution is 2.37. The molecule has 8 nitrogen and oxygen atoms in total. The van der Waals surface area contributed by atoms with Crippen molar-refractivity contribution < 1.29 is 4.52 Å². The monoisotopic (exact) mass is 271 g/mol. The van der Waals surface area contributed by atoms with Gasteiger partial charge in [-0.3, -0.25) is 0 Å². The van der Waals surface area contributed by atoms with Crippen LogP contribution in [0.4, 0.5) is 0 Å². The SMILES string of the molecule is NC1(c2ncc(-c3nc(-c4ncc[nH]4)no3)[nH]2)CCC1. The van der Waals surface area contributed by atoms with E-state index in [1.54, 1.807) is 18.6 Å². The Morgan fingerprint density at radius 3 is 2.90 bits per heavy atom. The summed E-state index contributed by atoms with van der Waals surface area (Å²) in [5.41, 5.74) is 6.56. The standard InChI is InChI=1S/C12H13N7O/c13-12(2-1-3-12)11-16-6-7(17-11)10-18-9(19-20-10)8-14-4-5-15-8/h4-6H,1-3,13H2,(H,14,15)(H,16,17). The average Bonchev–Trinajstić information content (AvgIpc) is 3.13. The second-order valence-corrected chi connectivity index (χ2v) is 5.02. The minimum Gasteiger partial charge on any atom is -0.342 e. The zero-order valence-corrected chi connectivity index (χ0v) is 10.6. The molecule has 3 heterocycles. The van der Waals surface area contributed by atoms with Crippen LogP contribution in [0.5, 0.6) is 0 Å². The fourth-order valence-corrected chi connectivity index (χ4v) is 2.29. The molecule has 0 radical (unpaired) electrons. The molecule has 1 aliphatic rings. The van der Waals surface area contributed by atoms with Crippen LogP contribution in [0.1, 0.15) is 25.1 Å². The summed E-state index contributed by atoms with van der Waals surface area (Å²) in [6.07, 6.45) is 8.03. The van der Waals surface area contributed by atoms with Crippen LogP contribution in [-0.2, 0) is 5.54 Å². The first-order valence-electron chi connectivity index (χ1n) is 6.43. The van der Waals surface area contributed by atoms with Gasteiger partial charge in [0.05, 0.1) is 11.7 Å². The normalized spacial score (nSPS) is 17.1. The lowest BCUT2D eigenvalue weighted by Gasteiger charge is -2.35. The second kappa shape index (κ2) is 4.01. The Bertz CT molecular complexity index is 723. The summed E-state index contributed by atoms with van der Waals surface area (Å²) in [6.45, 7) is 0. The molecule has 8 heteroatoms. The van der Waals surface area contributed by atoms with Gasteiger partial charge in [-0.2, -0.15) is 4.98 Å². The van der Waals surface area contributed by atoms with Crippen molar-refractivity contribution in [3.63, 3.8) is 0 Å². The van der Waals surface area contributed by atoms with Gasteiger partial charge in [0.1, 0.15) is 11.5 Å². The van der Waals surface area contributed by atoms with Crippen molar-refractivity contribution in [2.24, 2.45) is 5.73 Å². The van der Waals surface area contributed by atoms with E-state index in [2.05, 4.69) is 30.1 Å². The van der Waals surface area contributed by atoms with Crippen LogP contribution >= 0.6 is 0 Å². The lowest BCUT2D eigenvalue weighted by atomic mass is 9.77. The van der Waals surface area contributed by atoms with Gasteiger partial charge in [-0.25, -0.2) is 9.97 Å². The van der Waals surface area contributed by atoms with Crippen LogP contribution in [0.3, 0.4) is 0 Å². The summed E-state index contributed by atoms with van der Waals surface area (Å²) in [5.74, 6) is 2.12. The van der Waals surface area contributed by atoms with E-state index < -0.39 is 0 Å². The Hall–Kier alpha value is -2.48. The zero-order chi connectivity index (χ0) is 13.6. The van der Waals surface area contributed by atoms with Crippen molar-refractivity contribution in [3.05, 3.63) is 24.4 Å². The van der Waals surface area contributed by atoms with Gasteiger partial charge >= 0.3 is 0 Å². The molecule has 1 aliphatic carbocycles. The number of imidazole rings is 2. The molecule has 102 valence electrons. The number of rotatable bonds is 3. The minimum atomic E-state index is -0.331. The van der Waals surface area contributed by atoms with Crippen molar-refractivity contribution in [1.29, 1.82) is 0 Å². The molecule has 0 atom stereocenters. The Labute approximate surface area is 113 Å². The van der Waals surface area contributed by atoms with Gasteiger partial charge in [0.2, 0.25) is 5.82 Å². The van der Waals surface area contributed by atoms with Crippen LogP contribution in [-0.4, -0.2) is 30.1 Å². The molecule has 1 fully saturated rings. The highest BCUT2D eigenvalue weighted by atomic mass is 16.5. The molecule has 3 aromatic rings. The van der Waals surface area contributed by atoms with Crippen LogP contribution in [0.25, 0.3) is 23.2 Å². The van der Waals surface area contributed by atoms with E-state index in [9.17, 15) is 0 Å². The zero-order valence-electron chi connectivity index (χ0n) is 10.6. The summed E-state index contributed by atoms with van der Waals surface area (Å²) >= 11 is 0. The smallest absolute Gasteiger partial charge is 0.276 e. The first-order chi connectivity index (χ1) is 9.74. The van der Waals surface area contributed by atoms with Gasteiger partial charge in [-0.05, 0) is 19.3 Å². The minimum absolute atomic E-state index is 0.331. The number of nitrogens with one attached hydrogen (secondary N) is 2. The maximum absolute atomic E-state index is 6.22.